The van der Waals surface area contributed by atoms with Crippen LogP contribution in [0.1, 0.15) is 31.1 Å². The molecule has 172 valence electrons. The highest BCUT2D eigenvalue weighted by molar-refractivity contribution is 7.92. The topological polar surface area (TPSA) is 86.8 Å². The fourth-order valence-electron chi connectivity index (χ4n) is 2.98. The van der Waals surface area contributed by atoms with Crippen LogP contribution in [0.4, 0.5) is 5.69 Å². The van der Waals surface area contributed by atoms with E-state index in [-0.39, 0.29) is 34.5 Å². The van der Waals surface area contributed by atoms with E-state index in [1.54, 1.807) is 24.3 Å². The zero-order chi connectivity index (χ0) is 24.1. The SMILES string of the molecule is C=CCN(c1ccccc1Cl)S(=O)(=O)c1cccc(C(=O)N(C)CC(=O)NC(C)(C)C)c1. The van der Waals surface area contributed by atoms with Gasteiger partial charge in [0.2, 0.25) is 5.91 Å². The zero-order valence-corrected chi connectivity index (χ0v) is 20.2. The average molecular weight is 478 g/mol. The van der Waals surface area contributed by atoms with Gasteiger partial charge in [-0.05, 0) is 51.1 Å². The fourth-order valence-corrected chi connectivity index (χ4v) is 4.77. The van der Waals surface area contributed by atoms with E-state index in [0.29, 0.717) is 5.69 Å². The molecule has 2 rings (SSSR count). The second-order valence-corrected chi connectivity index (χ2v) is 10.5. The molecular formula is C23H28ClN3O4S. The number of amides is 2. The monoisotopic (exact) mass is 477 g/mol. The molecule has 0 saturated carbocycles. The Bertz CT molecular complexity index is 1110. The summed E-state index contributed by atoms with van der Waals surface area (Å²) >= 11 is 6.23. The van der Waals surface area contributed by atoms with Crippen molar-refractivity contribution in [3.8, 4) is 0 Å². The van der Waals surface area contributed by atoms with Gasteiger partial charge in [0.1, 0.15) is 0 Å². The molecule has 0 aliphatic heterocycles. The van der Waals surface area contributed by atoms with Gasteiger partial charge in [-0.15, -0.1) is 6.58 Å². The Morgan fingerprint density at radius 3 is 2.38 bits per heavy atom. The third-order valence-corrected chi connectivity index (χ3v) is 6.42. The summed E-state index contributed by atoms with van der Waals surface area (Å²) in [5.74, 6) is -0.785. The van der Waals surface area contributed by atoms with Crippen LogP contribution < -0.4 is 9.62 Å². The molecule has 32 heavy (non-hydrogen) atoms. The number of nitrogens with zero attached hydrogens (tertiary/aromatic N) is 2. The highest BCUT2D eigenvalue weighted by atomic mass is 35.5. The minimum absolute atomic E-state index is 0.00286. The first kappa shape index (κ1) is 25.4. The van der Waals surface area contributed by atoms with Gasteiger partial charge in [0.25, 0.3) is 15.9 Å². The molecule has 0 saturated heterocycles. The molecular weight excluding hydrogens is 450 g/mol. The van der Waals surface area contributed by atoms with Crippen molar-refractivity contribution < 1.29 is 18.0 Å². The van der Waals surface area contributed by atoms with Crippen molar-refractivity contribution in [3.05, 3.63) is 71.8 Å². The van der Waals surface area contributed by atoms with Crippen LogP contribution in [-0.4, -0.2) is 50.8 Å². The normalized spacial score (nSPS) is 11.5. The molecule has 0 aliphatic carbocycles. The second-order valence-electron chi connectivity index (χ2n) is 8.26. The molecule has 7 nitrogen and oxygen atoms in total. The summed E-state index contributed by atoms with van der Waals surface area (Å²) < 4.78 is 27.9. The molecule has 0 radical (unpaired) electrons. The molecule has 0 fully saturated rings. The average Bonchev–Trinajstić information content (AvgIpc) is 2.70. The Labute approximate surface area is 194 Å². The molecule has 2 aromatic rings. The summed E-state index contributed by atoms with van der Waals surface area (Å²) in [5, 5.41) is 3.06. The highest BCUT2D eigenvalue weighted by Crippen LogP contribution is 2.30. The number of benzene rings is 2. The number of carbonyl (C=O) groups excluding carboxylic acids is 2. The van der Waals surface area contributed by atoms with E-state index in [2.05, 4.69) is 11.9 Å². The lowest BCUT2D eigenvalue weighted by molar-refractivity contribution is -0.122. The molecule has 0 aromatic heterocycles. The number of halogens is 1. The minimum Gasteiger partial charge on any atom is -0.350 e. The van der Waals surface area contributed by atoms with Crippen LogP contribution in [0.25, 0.3) is 0 Å². The molecule has 9 heteroatoms. The summed E-state index contributed by atoms with van der Waals surface area (Å²) in [6.07, 6.45) is 1.46. The van der Waals surface area contributed by atoms with Gasteiger partial charge in [-0.25, -0.2) is 8.42 Å². The molecule has 2 aromatic carbocycles. The van der Waals surface area contributed by atoms with Crippen LogP contribution in [0.15, 0.2) is 66.1 Å². The van der Waals surface area contributed by atoms with Gasteiger partial charge < -0.3 is 10.2 Å². The van der Waals surface area contributed by atoms with Gasteiger partial charge in [-0.1, -0.05) is 35.9 Å². The van der Waals surface area contributed by atoms with Gasteiger partial charge in [0.05, 0.1) is 28.7 Å². The first-order valence-electron chi connectivity index (χ1n) is 9.91. The van der Waals surface area contributed by atoms with Crippen molar-refractivity contribution in [3.63, 3.8) is 0 Å². The maximum absolute atomic E-state index is 13.4. The van der Waals surface area contributed by atoms with Gasteiger partial charge in [-0.2, -0.15) is 0 Å². The van der Waals surface area contributed by atoms with Gasteiger partial charge >= 0.3 is 0 Å². The van der Waals surface area contributed by atoms with E-state index in [4.69, 9.17) is 11.6 Å². The molecule has 2 amide bonds. The number of anilines is 1. The van der Waals surface area contributed by atoms with E-state index in [1.807, 2.05) is 20.8 Å². The quantitative estimate of drug-likeness (QED) is 0.587. The van der Waals surface area contributed by atoms with Crippen molar-refractivity contribution in [2.24, 2.45) is 0 Å². The van der Waals surface area contributed by atoms with Crippen LogP contribution in [0.3, 0.4) is 0 Å². The van der Waals surface area contributed by atoms with E-state index in [1.165, 1.54) is 42.3 Å². The molecule has 1 N–H and O–H groups in total. The van der Waals surface area contributed by atoms with Crippen LogP contribution >= 0.6 is 11.6 Å². The zero-order valence-electron chi connectivity index (χ0n) is 18.6. The van der Waals surface area contributed by atoms with Crippen molar-refractivity contribution >= 4 is 39.1 Å². The van der Waals surface area contributed by atoms with Crippen LogP contribution in [0.5, 0.6) is 0 Å². The lowest BCUT2D eigenvalue weighted by Gasteiger charge is -2.25. The lowest BCUT2D eigenvalue weighted by Crippen LogP contribution is -2.46. The number of hydrogen-bond acceptors (Lipinski definition) is 4. The summed E-state index contributed by atoms with van der Waals surface area (Å²) in [5.41, 5.74) is 0.0269. The summed E-state index contributed by atoms with van der Waals surface area (Å²) in [4.78, 5) is 26.2. The van der Waals surface area contributed by atoms with Crippen molar-refractivity contribution in [2.75, 3.05) is 24.4 Å². The van der Waals surface area contributed by atoms with Gasteiger partial charge in [0.15, 0.2) is 0 Å². The number of sulfonamides is 1. The summed E-state index contributed by atoms with van der Waals surface area (Å²) in [6.45, 7) is 9.00. The lowest BCUT2D eigenvalue weighted by atomic mass is 10.1. The van der Waals surface area contributed by atoms with Crippen LogP contribution in [0, 0.1) is 0 Å². The molecule has 0 aliphatic rings. The van der Waals surface area contributed by atoms with Gasteiger partial charge in [-0.3, -0.25) is 13.9 Å². The first-order chi connectivity index (χ1) is 14.9. The predicted molar refractivity (Wildman–Crippen MR) is 127 cm³/mol. The Kier molecular flexibility index (Phi) is 8.09. The van der Waals surface area contributed by atoms with Gasteiger partial charge in [0, 0.05) is 18.2 Å². The van der Waals surface area contributed by atoms with E-state index in [9.17, 15) is 18.0 Å². The Balaban J connectivity index is 2.34. The number of nitrogens with one attached hydrogen (secondary N) is 1. The van der Waals surface area contributed by atoms with Crippen LogP contribution in [0.2, 0.25) is 5.02 Å². The number of para-hydroxylation sites is 1. The Hall–Kier alpha value is -2.84. The number of carbonyl (C=O) groups is 2. The van der Waals surface area contributed by atoms with E-state index >= 15 is 0 Å². The number of likely N-dealkylation sites (N-methyl/N-ethyl adjacent to an activating group) is 1. The molecule has 0 unspecified atom stereocenters. The van der Waals surface area contributed by atoms with Crippen molar-refractivity contribution in [1.29, 1.82) is 0 Å². The number of hydrogen-bond donors (Lipinski definition) is 1. The smallest absolute Gasteiger partial charge is 0.264 e. The standard InChI is InChI=1S/C23H28ClN3O4S/c1-6-14-27(20-13-8-7-12-19(20)24)32(30,31)18-11-9-10-17(15-18)22(29)26(5)16-21(28)25-23(2,3)4/h6-13,15H,1,14,16H2,2-5H3,(H,25,28). The Morgan fingerprint density at radius 1 is 1.12 bits per heavy atom. The Morgan fingerprint density at radius 2 is 1.78 bits per heavy atom. The summed E-state index contributed by atoms with van der Waals surface area (Å²) in [7, 11) is -2.55. The minimum atomic E-state index is -4.04. The fraction of sp³-hybridized carbons (Fsp3) is 0.304. The molecule has 0 heterocycles. The second kappa shape index (κ2) is 10.2. The molecule has 0 spiro atoms. The largest absolute Gasteiger partial charge is 0.350 e. The molecule has 0 atom stereocenters. The van der Waals surface area contributed by atoms with Crippen molar-refractivity contribution in [1.82, 2.24) is 10.2 Å². The van der Waals surface area contributed by atoms with E-state index < -0.39 is 21.5 Å². The molecule has 0 bridgehead atoms. The van der Waals surface area contributed by atoms with Crippen LogP contribution in [-0.2, 0) is 14.8 Å². The first-order valence-corrected chi connectivity index (χ1v) is 11.7. The third kappa shape index (κ3) is 6.34. The number of rotatable bonds is 8. The van der Waals surface area contributed by atoms with Crippen molar-refractivity contribution in [2.45, 2.75) is 31.2 Å². The predicted octanol–water partition coefficient (Wildman–Crippen LogP) is 3.71. The maximum atomic E-state index is 13.4. The summed E-state index contributed by atoms with van der Waals surface area (Å²) in [6, 6.07) is 12.3. The third-order valence-electron chi connectivity index (χ3n) is 4.33. The highest BCUT2D eigenvalue weighted by Gasteiger charge is 2.27. The maximum Gasteiger partial charge on any atom is 0.264 e. The van der Waals surface area contributed by atoms with E-state index in [0.717, 1.165) is 4.31 Å².